The quantitative estimate of drug-likeness (QED) is 0.291. The maximum Gasteiger partial charge on any atom is 0.265 e. The van der Waals surface area contributed by atoms with Crippen molar-refractivity contribution in [1.29, 1.82) is 0 Å². The van der Waals surface area contributed by atoms with Gasteiger partial charge in [0, 0.05) is 31.1 Å². The van der Waals surface area contributed by atoms with Crippen LogP contribution in [0.5, 0.6) is 0 Å². The van der Waals surface area contributed by atoms with Crippen LogP contribution in [-0.2, 0) is 13.6 Å². The van der Waals surface area contributed by atoms with Gasteiger partial charge in [0.15, 0.2) is 11.5 Å². The Balaban J connectivity index is 1.45. The molecule has 5 aromatic rings. The number of imidazole rings is 1. The lowest BCUT2D eigenvalue weighted by atomic mass is 9.84. The number of anilines is 2. The van der Waals surface area contributed by atoms with E-state index < -0.39 is 18.1 Å². The number of aromatic nitrogens is 7. The third-order valence-electron chi connectivity index (χ3n) is 7.83. The summed E-state index contributed by atoms with van der Waals surface area (Å²) in [7, 11) is 1.90. The number of hydrogen-bond acceptors (Lipinski definition) is 9. The summed E-state index contributed by atoms with van der Waals surface area (Å²) >= 11 is 0. The van der Waals surface area contributed by atoms with Crippen molar-refractivity contribution >= 4 is 33.6 Å². The number of nitrogens with two attached hydrogens (primary N) is 2. The van der Waals surface area contributed by atoms with Gasteiger partial charge < -0.3 is 26.0 Å². The lowest BCUT2D eigenvalue weighted by Crippen LogP contribution is -2.63. The monoisotopic (exact) mass is 548 g/mol. The Kier molecular flexibility index (Phi) is 6.34. The minimum absolute atomic E-state index is 0.0625. The standard InChI is InChI=1S/C27H30F2N10O/c1-15-6-20-16(9-36-37(20)2)7-18(15)19-8-17(11-39-14-35-22-25(30)33-13-34-26(22)39)21(10-32-19)38-5-3-4-27(31,12-38)23(40)24(28)29/h6-10,13-14,23-24,40H,3-5,11-12,31H2,1-2H3,(H2,30,33,34)/t23-,27+/m0/s1. The van der Waals surface area contributed by atoms with Gasteiger partial charge >= 0.3 is 0 Å². The molecule has 0 radical (unpaired) electrons. The topological polar surface area (TPSA) is 150 Å². The van der Waals surface area contributed by atoms with Crippen LogP contribution in [0.4, 0.5) is 20.3 Å². The Hall–Kier alpha value is -4.23. The van der Waals surface area contributed by atoms with Crippen LogP contribution in [0.2, 0.25) is 0 Å². The molecule has 1 saturated heterocycles. The smallest absolute Gasteiger partial charge is 0.265 e. The number of fused-ring (bicyclic) bond motifs is 2. The Bertz CT molecular complexity index is 1720. The molecular weight excluding hydrogens is 518 g/mol. The summed E-state index contributed by atoms with van der Waals surface area (Å²) in [6.07, 6.45) is 2.59. The molecule has 4 aromatic heterocycles. The number of aryl methyl sites for hydroxylation is 2. The first-order valence-electron chi connectivity index (χ1n) is 13.0. The first-order valence-corrected chi connectivity index (χ1v) is 13.0. The van der Waals surface area contributed by atoms with E-state index in [1.807, 2.05) is 40.4 Å². The molecule has 0 amide bonds. The number of benzene rings is 1. The highest BCUT2D eigenvalue weighted by atomic mass is 19.3. The average molecular weight is 549 g/mol. The average Bonchev–Trinajstić information content (AvgIpc) is 3.51. The van der Waals surface area contributed by atoms with Crippen molar-refractivity contribution in [3.05, 3.63) is 54.4 Å². The predicted octanol–water partition coefficient (Wildman–Crippen LogP) is 2.64. The summed E-state index contributed by atoms with van der Waals surface area (Å²) in [6.45, 7) is 3.03. The van der Waals surface area contributed by atoms with Crippen molar-refractivity contribution in [2.24, 2.45) is 12.8 Å². The molecule has 0 bridgehead atoms. The highest BCUT2D eigenvalue weighted by molar-refractivity contribution is 5.86. The largest absolute Gasteiger partial charge is 0.385 e. The second-order valence-electron chi connectivity index (χ2n) is 10.5. The summed E-state index contributed by atoms with van der Waals surface area (Å²) in [5.74, 6) is 0.282. The number of hydrogen-bond donors (Lipinski definition) is 3. The molecule has 0 unspecified atom stereocenters. The molecule has 5 N–H and O–H groups in total. The second kappa shape index (κ2) is 9.75. The van der Waals surface area contributed by atoms with Gasteiger partial charge in [0.2, 0.25) is 0 Å². The minimum Gasteiger partial charge on any atom is -0.385 e. The molecule has 0 aliphatic carbocycles. The highest BCUT2D eigenvalue weighted by Gasteiger charge is 2.43. The van der Waals surface area contributed by atoms with Crippen LogP contribution >= 0.6 is 0 Å². The fourth-order valence-electron chi connectivity index (χ4n) is 5.64. The van der Waals surface area contributed by atoms with Gasteiger partial charge in [-0.25, -0.2) is 23.7 Å². The van der Waals surface area contributed by atoms with Gasteiger partial charge in [0.05, 0.1) is 47.7 Å². The van der Waals surface area contributed by atoms with Crippen molar-refractivity contribution in [3.63, 3.8) is 0 Å². The van der Waals surface area contributed by atoms with E-state index in [0.29, 0.717) is 37.1 Å². The van der Waals surface area contributed by atoms with Gasteiger partial charge in [0.25, 0.3) is 6.43 Å². The van der Waals surface area contributed by atoms with Gasteiger partial charge in [0.1, 0.15) is 17.9 Å². The first-order chi connectivity index (χ1) is 19.1. The molecule has 208 valence electrons. The molecule has 11 nitrogen and oxygen atoms in total. The van der Waals surface area contributed by atoms with Gasteiger partial charge in [-0.15, -0.1) is 0 Å². The number of halogens is 2. The Labute approximate surface area is 228 Å². The zero-order valence-corrected chi connectivity index (χ0v) is 22.2. The van der Waals surface area contributed by atoms with Gasteiger partial charge in [-0.1, -0.05) is 0 Å². The summed E-state index contributed by atoms with van der Waals surface area (Å²) in [5, 5.41) is 15.6. The third-order valence-corrected chi connectivity index (χ3v) is 7.83. The molecule has 0 spiro atoms. The number of pyridine rings is 1. The molecule has 1 aromatic carbocycles. The Morgan fingerprint density at radius 2 is 1.95 bits per heavy atom. The highest BCUT2D eigenvalue weighted by Crippen LogP contribution is 2.34. The maximum atomic E-state index is 13.5. The van der Waals surface area contributed by atoms with Crippen molar-refractivity contribution in [3.8, 4) is 11.3 Å². The molecule has 40 heavy (non-hydrogen) atoms. The van der Waals surface area contributed by atoms with E-state index in [4.69, 9.17) is 16.5 Å². The predicted molar refractivity (Wildman–Crippen MR) is 148 cm³/mol. The van der Waals surface area contributed by atoms with E-state index >= 15 is 0 Å². The van der Waals surface area contributed by atoms with Crippen molar-refractivity contribution < 1.29 is 13.9 Å². The third kappa shape index (κ3) is 4.40. The molecular formula is C27H30F2N10O. The number of nitrogens with zero attached hydrogens (tertiary/aromatic N) is 8. The molecule has 1 aliphatic heterocycles. The van der Waals surface area contributed by atoms with E-state index in [1.165, 1.54) is 6.33 Å². The number of piperidine rings is 1. The summed E-state index contributed by atoms with van der Waals surface area (Å²) in [4.78, 5) is 19.5. The van der Waals surface area contributed by atoms with Crippen LogP contribution in [0.3, 0.4) is 0 Å². The van der Waals surface area contributed by atoms with Crippen LogP contribution in [0.25, 0.3) is 33.3 Å². The number of rotatable bonds is 6. The van der Waals surface area contributed by atoms with E-state index in [2.05, 4.69) is 32.2 Å². The summed E-state index contributed by atoms with van der Waals surface area (Å²) < 4.78 is 30.7. The van der Waals surface area contributed by atoms with E-state index in [9.17, 15) is 13.9 Å². The maximum absolute atomic E-state index is 13.5. The van der Waals surface area contributed by atoms with Crippen LogP contribution in [0.15, 0.2) is 43.2 Å². The normalized spacial score (nSPS) is 18.7. The molecule has 0 saturated carbocycles. The van der Waals surface area contributed by atoms with Crippen LogP contribution < -0.4 is 16.4 Å². The van der Waals surface area contributed by atoms with Crippen LogP contribution in [-0.4, -0.2) is 70.5 Å². The van der Waals surface area contributed by atoms with E-state index in [-0.39, 0.29) is 12.4 Å². The van der Waals surface area contributed by atoms with Crippen LogP contribution in [0, 0.1) is 6.92 Å². The number of nitrogen functional groups attached to an aromatic ring is 1. The lowest BCUT2D eigenvalue weighted by Gasteiger charge is -2.44. The lowest BCUT2D eigenvalue weighted by molar-refractivity contribution is -0.0529. The zero-order chi connectivity index (χ0) is 28.2. The van der Waals surface area contributed by atoms with E-state index in [0.717, 1.165) is 39.0 Å². The molecule has 13 heteroatoms. The summed E-state index contributed by atoms with van der Waals surface area (Å²) in [5.41, 5.74) is 17.3. The fourth-order valence-corrected chi connectivity index (χ4v) is 5.64. The number of alkyl halides is 2. The molecule has 1 fully saturated rings. The Morgan fingerprint density at radius 1 is 1.12 bits per heavy atom. The second-order valence-corrected chi connectivity index (χ2v) is 10.5. The number of aliphatic hydroxyl groups excluding tert-OH is 1. The fraction of sp³-hybridized carbons (Fsp3) is 0.370. The molecule has 6 rings (SSSR count). The van der Waals surface area contributed by atoms with Crippen molar-refractivity contribution in [2.45, 2.75) is 44.4 Å². The van der Waals surface area contributed by atoms with Gasteiger partial charge in [-0.2, -0.15) is 5.10 Å². The molecule has 1 aliphatic rings. The zero-order valence-electron chi connectivity index (χ0n) is 22.2. The van der Waals surface area contributed by atoms with Gasteiger partial charge in [-0.05, 0) is 49.1 Å². The molecule has 2 atom stereocenters. The number of aliphatic hydroxyl groups is 1. The summed E-state index contributed by atoms with van der Waals surface area (Å²) in [6, 6.07) is 6.14. The Morgan fingerprint density at radius 3 is 2.75 bits per heavy atom. The molecule has 5 heterocycles. The van der Waals surface area contributed by atoms with Crippen molar-refractivity contribution in [2.75, 3.05) is 23.7 Å². The van der Waals surface area contributed by atoms with Crippen molar-refractivity contribution in [1.82, 2.24) is 34.3 Å². The van der Waals surface area contributed by atoms with E-state index in [1.54, 1.807) is 12.5 Å². The SMILES string of the molecule is Cc1cc2c(cnn2C)cc1-c1cc(Cn2cnc3c(N)ncnc32)c(N2CCC[C@](N)([C@@H](O)C(F)F)C2)cn1. The van der Waals surface area contributed by atoms with Gasteiger partial charge in [-0.3, -0.25) is 9.67 Å². The van der Waals surface area contributed by atoms with Crippen LogP contribution in [0.1, 0.15) is 24.0 Å². The first kappa shape index (κ1) is 26.0. The minimum atomic E-state index is -2.93.